The minimum atomic E-state index is -0.352. The average Bonchev–Trinajstić information content (AvgIpc) is 2.69. The SMILES string of the molecule is CC(=O)c1ccc(NC(=O)c2ccc(N(C)Cc3ccccc3)nn2)cc1. The first-order valence-electron chi connectivity index (χ1n) is 8.54. The zero-order valence-corrected chi connectivity index (χ0v) is 15.2. The molecule has 0 bridgehead atoms. The highest BCUT2D eigenvalue weighted by Crippen LogP contribution is 2.14. The lowest BCUT2D eigenvalue weighted by molar-refractivity contribution is 0.101. The molecule has 1 aromatic heterocycles. The van der Waals surface area contributed by atoms with Crippen LogP contribution in [0.1, 0.15) is 33.3 Å². The van der Waals surface area contributed by atoms with Gasteiger partial charge >= 0.3 is 0 Å². The molecule has 0 aliphatic rings. The smallest absolute Gasteiger partial charge is 0.276 e. The molecule has 1 N–H and O–H groups in total. The number of hydrogen-bond acceptors (Lipinski definition) is 5. The van der Waals surface area contributed by atoms with Crippen LogP contribution >= 0.6 is 0 Å². The van der Waals surface area contributed by atoms with E-state index in [9.17, 15) is 9.59 Å². The van der Waals surface area contributed by atoms with Crippen molar-refractivity contribution in [3.8, 4) is 0 Å². The lowest BCUT2D eigenvalue weighted by Crippen LogP contribution is -2.20. The van der Waals surface area contributed by atoms with E-state index in [4.69, 9.17) is 0 Å². The molecule has 0 saturated carbocycles. The summed E-state index contributed by atoms with van der Waals surface area (Å²) in [5.74, 6) is 0.311. The Hall–Kier alpha value is -3.54. The minimum absolute atomic E-state index is 0.0195. The molecule has 27 heavy (non-hydrogen) atoms. The van der Waals surface area contributed by atoms with Gasteiger partial charge in [-0.3, -0.25) is 9.59 Å². The molecule has 1 amide bonds. The number of Topliss-reactive ketones (excluding diaryl/α,β-unsaturated/α-hetero) is 1. The van der Waals surface area contributed by atoms with Gasteiger partial charge in [-0.25, -0.2) is 0 Å². The number of hydrogen-bond donors (Lipinski definition) is 1. The van der Waals surface area contributed by atoms with Gasteiger partial charge in [0.2, 0.25) is 0 Å². The Morgan fingerprint density at radius 3 is 2.22 bits per heavy atom. The van der Waals surface area contributed by atoms with Crippen LogP contribution in [0.2, 0.25) is 0 Å². The second-order valence-corrected chi connectivity index (χ2v) is 6.21. The van der Waals surface area contributed by atoms with Crippen LogP contribution in [0.3, 0.4) is 0 Å². The van der Waals surface area contributed by atoms with E-state index in [1.165, 1.54) is 6.92 Å². The van der Waals surface area contributed by atoms with Gasteiger partial charge in [0.25, 0.3) is 5.91 Å². The Labute approximate surface area is 157 Å². The summed E-state index contributed by atoms with van der Waals surface area (Å²) in [5.41, 5.74) is 2.58. The topological polar surface area (TPSA) is 75.2 Å². The molecular weight excluding hydrogens is 340 g/mol. The largest absolute Gasteiger partial charge is 0.354 e. The molecule has 6 nitrogen and oxygen atoms in total. The van der Waals surface area contributed by atoms with Gasteiger partial charge in [0.05, 0.1) is 0 Å². The normalized spacial score (nSPS) is 10.3. The van der Waals surface area contributed by atoms with Crippen LogP contribution in [0, 0.1) is 0 Å². The van der Waals surface area contributed by atoms with E-state index in [-0.39, 0.29) is 17.4 Å². The third kappa shape index (κ3) is 4.76. The molecule has 0 aliphatic heterocycles. The van der Waals surface area contributed by atoms with Crippen LogP contribution in [0.5, 0.6) is 0 Å². The van der Waals surface area contributed by atoms with Crippen LogP contribution < -0.4 is 10.2 Å². The molecule has 0 unspecified atom stereocenters. The van der Waals surface area contributed by atoms with Crippen LogP contribution in [-0.2, 0) is 6.54 Å². The van der Waals surface area contributed by atoms with Crippen LogP contribution in [0.15, 0.2) is 66.7 Å². The van der Waals surface area contributed by atoms with Crippen LogP contribution in [0.4, 0.5) is 11.5 Å². The van der Waals surface area contributed by atoms with E-state index in [2.05, 4.69) is 15.5 Å². The molecule has 0 radical (unpaired) electrons. The monoisotopic (exact) mass is 360 g/mol. The summed E-state index contributed by atoms with van der Waals surface area (Å²) < 4.78 is 0. The highest BCUT2D eigenvalue weighted by Gasteiger charge is 2.11. The van der Waals surface area contributed by atoms with Crippen molar-refractivity contribution in [1.29, 1.82) is 0 Å². The fourth-order valence-corrected chi connectivity index (χ4v) is 2.57. The summed E-state index contributed by atoms with van der Waals surface area (Å²) in [6.07, 6.45) is 0. The second kappa shape index (κ2) is 8.23. The fraction of sp³-hybridized carbons (Fsp3) is 0.143. The molecule has 0 fully saturated rings. The molecule has 0 aliphatic carbocycles. The highest BCUT2D eigenvalue weighted by atomic mass is 16.2. The first-order valence-corrected chi connectivity index (χ1v) is 8.54. The van der Waals surface area contributed by atoms with Gasteiger partial charge in [-0.1, -0.05) is 30.3 Å². The molecule has 0 atom stereocenters. The van der Waals surface area contributed by atoms with E-state index in [1.54, 1.807) is 36.4 Å². The number of anilines is 2. The van der Waals surface area contributed by atoms with Crippen LogP contribution in [0.25, 0.3) is 0 Å². The number of nitrogens with one attached hydrogen (secondary N) is 1. The van der Waals surface area contributed by atoms with Gasteiger partial charge in [0.1, 0.15) is 0 Å². The second-order valence-electron chi connectivity index (χ2n) is 6.21. The molecule has 0 spiro atoms. The van der Waals surface area contributed by atoms with Crippen molar-refractivity contribution in [3.05, 3.63) is 83.6 Å². The molecular formula is C21H20N4O2. The zero-order chi connectivity index (χ0) is 19.2. The molecule has 3 aromatic rings. The van der Waals surface area contributed by atoms with Gasteiger partial charge in [0, 0.05) is 24.8 Å². The summed E-state index contributed by atoms with van der Waals surface area (Å²) >= 11 is 0. The number of carbonyl (C=O) groups is 2. The predicted molar refractivity (Wildman–Crippen MR) is 105 cm³/mol. The number of benzene rings is 2. The first kappa shape index (κ1) is 18.3. The van der Waals surface area contributed by atoms with Gasteiger partial charge < -0.3 is 10.2 Å². The number of aromatic nitrogens is 2. The maximum absolute atomic E-state index is 12.3. The highest BCUT2D eigenvalue weighted by molar-refractivity contribution is 6.03. The predicted octanol–water partition coefficient (Wildman–Crippen LogP) is 3.57. The molecule has 136 valence electrons. The van der Waals surface area contributed by atoms with E-state index >= 15 is 0 Å². The zero-order valence-electron chi connectivity index (χ0n) is 15.2. The molecule has 2 aromatic carbocycles. The Morgan fingerprint density at radius 1 is 0.926 bits per heavy atom. The standard InChI is InChI=1S/C21H20N4O2/c1-15(26)17-8-10-18(11-9-17)22-21(27)19-12-13-20(24-23-19)25(2)14-16-6-4-3-5-7-16/h3-13H,14H2,1-2H3,(H,22,27). The molecule has 6 heteroatoms. The van der Waals surface area contributed by atoms with Gasteiger partial charge in [0.15, 0.2) is 17.3 Å². The fourth-order valence-electron chi connectivity index (χ4n) is 2.57. The van der Waals surface area contributed by atoms with Crippen molar-refractivity contribution in [2.75, 3.05) is 17.3 Å². The Kier molecular flexibility index (Phi) is 5.56. The number of rotatable bonds is 6. The molecule has 1 heterocycles. The summed E-state index contributed by atoms with van der Waals surface area (Å²) in [6, 6.07) is 20.2. The third-order valence-corrected chi connectivity index (χ3v) is 4.09. The lowest BCUT2D eigenvalue weighted by atomic mass is 10.1. The molecule has 3 rings (SSSR count). The summed E-state index contributed by atoms with van der Waals surface area (Å²) in [7, 11) is 1.92. The van der Waals surface area contributed by atoms with E-state index < -0.39 is 0 Å². The van der Waals surface area contributed by atoms with Crippen molar-refractivity contribution in [2.45, 2.75) is 13.5 Å². The summed E-state index contributed by atoms with van der Waals surface area (Å²) in [5, 5.41) is 10.9. The van der Waals surface area contributed by atoms with Gasteiger partial charge in [-0.2, -0.15) is 0 Å². The van der Waals surface area contributed by atoms with Crippen molar-refractivity contribution in [2.24, 2.45) is 0 Å². The molecule has 0 saturated heterocycles. The lowest BCUT2D eigenvalue weighted by Gasteiger charge is -2.17. The van der Waals surface area contributed by atoms with Crippen molar-refractivity contribution in [1.82, 2.24) is 10.2 Å². The first-order chi connectivity index (χ1) is 13.0. The quantitative estimate of drug-likeness (QED) is 0.680. The maximum atomic E-state index is 12.3. The number of amides is 1. The van der Waals surface area contributed by atoms with E-state index in [1.807, 2.05) is 42.3 Å². The minimum Gasteiger partial charge on any atom is -0.354 e. The van der Waals surface area contributed by atoms with Crippen molar-refractivity contribution < 1.29 is 9.59 Å². The Bertz CT molecular complexity index is 923. The Balaban J connectivity index is 1.63. The van der Waals surface area contributed by atoms with Gasteiger partial charge in [-0.15, -0.1) is 10.2 Å². The number of ketones is 1. The number of carbonyl (C=O) groups excluding carboxylic acids is 2. The van der Waals surface area contributed by atoms with Crippen molar-refractivity contribution in [3.63, 3.8) is 0 Å². The van der Waals surface area contributed by atoms with E-state index in [0.29, 0.717) is 23.6 Å². The average molecular weight is 360 g/mol. The Morgan fingerprint density at radius 2 is 1.63 bits per heavy atom. The number of nitrogens with zero attached hydrogens (tertiary/aromatic N) is 3. The van der Waals surface area contributed by atoms with Crippen LogP contribution in [-0.4, -0.2) is 28.9 Å². The summed E-state index contributed by atoms with van der Waals surface area (Å²) in [4.78, 5) is 25.6. The van der Waals surface area contributed by atoms with E-state index in [0.717, 1.165) is 5.56 Å². The third-order valence-electron chi connectivity index (χ3n) is 4.09. The summed E-state index contributed by atoms with van der Waals surface area (Å²) in [6.45, 7) is 2.20. The van der Waals surface area contributed by atoms with Gasteiger partial charge in [-0.05, 0) is 48.9 Å². The van der Waals surface area contributed by atoms with Crippen molar-refractivity contribution >= 4 is 23.2 Å². The maximum Gasteiger partial charge on any atom is 0.276 e.